The van der Waals surface area contributed by atoms with Gasteiger partial charge in [0, 0.05) is 18.3 Å². The van der Waals surface area contributed by atoms with Crippen LogP contribution in [0.2, 0.25) is 0 Å². The predicted octanol–water partition coefficient (Wildman–Crippen LogP) is 2.03. The van der Waals surface area contributed by atoms with Crippen molar-refractivity contribution in [3.8, 4) is 0 Å². The fraction of sp³-hybridized carbons (Fsp3) is 0.789. The lowest BCUT2D eigenvalue weighted by Gasteiger charge is -2.59. The largest absolute Gasteiger partial charge is 0.390 e. The third-order valence-electron chi connectivity index (χ3n) is 7.76. The van der Waals surface area contributed by atoms with Gasteiger partial charge >= 0.3 is 0 Å². The summed E-state index contributed by atoms with van der Waals surface area (Å²) in [4.78, 5) is 24.2. The Balaban J connectivity index is 1.79. The van der Waals surface area contributed by atoms with E-state index in [-0.39, 0.29) is 34.4 Å². The van der Waals surface area contributed by atoms with E-state index in [2.05, 4.69) is 13.8 Å². The molecule has 4 nitrogen and oxygen atoms in total. The van der Waals surface area contributed by atoms with Gasteiger partial charge in [-0.3, -0.25) is 9.59 Å². The summed E-state index contributed by atoms with van der Waals surface area (Å²) in [5, 5.41) is 21.6. The first-order chi connectivity index (χ1) is 10.8. The molecule has 3 saturated carbocycles. The van der Waals surface area contributed by atoms with Gasteiger partial charge in [-0.2, -0.15) is 0 Å². The highest BCUT2D eigenvalue weighted by atomic mass is 16.3. The molecule has 126 valence electrons. The van der Waals surface area contributed by atoms with E-state index in [1.807, 2.05) is 0 Å². The van der Waals surface area contributed by atoms with Gasteiger partial charge in [0.05, 0.1) is 6.10 Å². The molecule has 4 aliphatic rings. The van der Waals surface area contributed by atoms with Crippen molar-refractivity contribution in [1.29, 1.82) is 0 Å². The first-order valence-corrected chi connectivity index (χ1v) is 8.93. The maximum atomic E-state index is 12.4. The Bertz CT molecular complexity index is 608. The molecule has 0 aromatic carbocycles. The van der Waals surface area contributed by atoms with Gasteiger partial charge in [-0.25, -0.2) is 0 Å². The van der Waals surface area contributed by atoms with Crippen LogP contribution in [0.1, 0.15) is 52.4 Å². The monoisotopic (exact) mass is 318 g/mol. The zero-order valence-corrected chi connectivity index (χ0v) is 13.9. The summed E-state index contributed by atoms with van der Waals surface area (Å²) in [5.74, 6) is 0.760. The Morgan fingerprint density at radius 1 is 1.00 bits per heavy atom. The van der Waals surface area contributed by atoms with E-state index < -0.39 is 12.2 Å². The zero-order chi connectivity index (χ0) is 16.6. The van der Waals surface area contributed by atoms with Crippen LogP contribution in [0, 0.1) is 28.6 Å². The standard InChI is InChI=1S/C19H26O4/c1-18-7-5-10(20)9-13(18)16(22)17(23)15-11-3-4-14(21)19(11,2)8-6-12(15)18/h9,11-12,15-17,22-23H,3-8H2,1-2H3. The quantitative estimate of drug-likeness (QED) is 0.717. The Labute approximate surface area is 137 Å². The van der Waals surface area contributed by atoms with Crippen LogP contribution in [0.3, 0.4) is 0 Å². The first kappa shape index (κ1) is 15.5. The molecule has 7 unspecified atom stereocenters. The molecular formula is C19H26O4. The molecule has 0 radical (unpaired) electrons. The number of aliphatic hydroxyl groups excluding tert-OH is 2. The van der Waals surface area contributed by atoms with Crippen LogP contribution in [-0.2, 0) is 9.59 Å². The molecule has 3 fully saturated rings. The number of fused-ring (bicyclic) bond motifs is 5. The zero-order valence-electron chi connectivity index (χ0n) is 13.9. The Morgan fingerprint density at radius 2 is 1.70 bits per heavy atom. The van der Waals surface area contributed by atoms with Crippen LogP contribution < -0.4 is 0 Å². The van der Waals surface area contributed by atoms with Crippen LogP contribution in [0.25, 0.3) is 0 Å². The molecule has 0 spiro atoms. The molecule has 0 amide bonds. The van der Waals surface area contributed by atoms with Gasteiger partial charge in [0.2, 0.25) is 0 Å². The summed E-state index contributed by atoms with van der Waals surface area (Å²) >= 11 is 0. The van der Waals surface area contributed by atoms with Crippen LogP contribution in [0.15, 0.2) is 11.6 Å². The molecule has 0 bridgehead atoms. The molecule has 0 aliphatic heterocycles. The van der Waals surface area contributed by atoms with Gasteiger partial charge < -0.3 is 10.2 Å². The summed E-state index contributed by atoms with van der Waals surface area (Å²) in [5.41, 5.74) is 0.184. The fourth-order valence-corrected chi connectivity index (χ4v) is 6.34. The summed E-state index contributed by atoms with van der Waals surface area (Å²) in [6.45, 7) is 4.21. The number of carbonyl (C=O) groups is 2. The predicted molar refractivity (Wildman–Crippen MR) is 84.5 cm³/mol. The van der Waals surface area contributed by atoms with Gasteiger partial charge in [-0.1, -0.05) is 13.8 Å². The number of hydrogen-bond donors (Lipinski definition) is 2. The number of carbonyl (C=O) groups excluding carboxylic acids is 2. The molecule has 0 saturated heterocycles. The second-order valence-electron chi connectivity index (χ2n) is 8.63. The summed E-state index contributed by atoms with van der Waals surface area (Å²) < 4.78 is 0. The second-order valence-corrected chi connectivity index (χ2v) is 8.63. The maximum absolute atomic E-state index is 12.4. The van der Waals surface area contributed by atoms with Crippen LogP contribution in [0.5, 0.6) is 0 Å². The lowest BCUT2D eigenvalue weighted by atomic mass is 9.46. The average Bonchev–Trinajstić information content (AvgIpc) is 2.82. The summed E-state index contributed by atoms with van der Waals surface area (Å²) in [6.07, 6.45) is 4.23. The minimum absolute atomic E-state index is 0.0365. The number of hydrogen-bond acceptors (Lipinski definition) is 4. The van der Waals surface area contributed by atoms with Crippen molar-refractivity contribution in [3.05, 3.63) is 11.6 Å². The van der Waals surface area contributed by atoms with E-state index in [0.29, 0.717) is 18.6 Å². The molecule has 4 heteroatoms. The summed E-state index contributed by atoms with van der Waals surface area (Å²) in [7, 11) is 0. The van der Waals surface area contributed by atoms with Gasteiger partial charge in [-0.15, -0.1) is 0 Å². The Kier molecular flexibility index (Phi) is 3.21. The van der Waals surface area contributed by atoms with E-state index in [1.54, 1.807) is 6.08 Å². The molecular weight excluding hydrogens is 292 g/mol. The van der Waals surface area contributed by atoms with Gasteiger partial charge in [0.25, 0.3) is 0 Å². The molecule has 4 rings (SSSR count). The Hall–Kier alpha value is -1.00. The lowest BCUT2D eigenvalue weighted by molar-refractivity contribution is -0.154. The first-order valence-electron chi connectivity index (χ1n) is 8.93. The van der Waals surface area contributed by atoms with E-state index in [4.69, 9.17) is 0 Å². The second kappa shape index (κ2) is 4.76. The smallest absolute Gasteiger partial charge is 0.155 e. The molecule has 0 heterocycles. The van der Waals surface area contributed by atoms with Crippen molar-refractivity contribution >= 4 is 11.6 Å². The van der Waals surface area contributed by atoms with Crippen molar-refractivity contribution in [2.75, 3.05) is 0 Å². The van der Waals surface area contributed by atoms with Crippen LogP contribution in [0.4, 0.5) is 0 Å². The SMILES string of the molecule is CC12CCC3C(C(O)C(O)C4=CC(=O)CCC43C)C1CCC2=O. The molecule has 0 aromatic heterocycles. The highest BCUT2D eigenvalue weighted by Crippen LogP contribution is 2.64. The number of aliphatic hydroxyl groups is 2. The third-order valence-corrected chi connectivity index (χ3v) is 7.76. The van der Waals surface area contributed by atoms with E-state index in [1.165, 1.54) is 0 Å². The van der Waals surface area contributed by atoms with Crippen molar-refractivity contribution in [2.45, 2.75) is 64.6 Å². The Morgan fingerprint density at radius 3 is 2.43 bits per heavy atom. The van der Waals surface area contributed by atoms with Crippen molar-refractivity contribution in [2.24, 2.45) is 28.6 Å². The van der Waals surface area contributed by atoms with Crippen molar-refractivity contribution < 1.29 is 19.8 Å². The maximum Gasteiger partial charge on any atom is 0.155 e. The fourth-order valence-electron chi connectivity index (χ4n) is 6.34. The van der Waals surface area contributed by atoms with E-state index >= 15 is 0 Å². The lowest BCUT2D eigenvalue weighted by Crippen LogP contribution is -2.60. The molecule has 2 N–H and O–H groups in total. The normalized spacial score (nSPS) is 52.5. The molecule has 23 heavy (non-hydrogen) atoms. The van der Waals surface area contributed by atoms with Gasteiger partial charge in [0.15, 0.2) is 5.78 Å². The van der Waals surface area contributed by atoms with Crippen molar-refractivity contribution in [1.82, 2.24) is 0 Å². The number of rotatable bonds is 0. The van der Waals surface area contributed by atoms with Crippen molar-refractivity contribution in [3.63, 3.8) is 0 Å². The van der Waals surface area contributed by atoms with Gasteiger partial charge in [0.1, 0.15) is 11.9 Å². The van der Waals surface area contributed by atoms with Crippen LogP contribution in [-0.4, -0.2) is 34.0 Å². The highest BCUT2D eigenvalue weighted by molar-refractivity contribution is 5.92. The molecule has 0 aromatic rings. The third kappa shape index (κ3) is 1.85. The van der Waals surface area contributed by atoms with E-state index in [9.17, 15) is 19.8 Å². The topological polar surface area (TPSA) is 74.6 Å². The molecule has 7 atom stereocenters. The number of ketones is 2. The van der Waals surface area contributed by atoms with Gasteiger partial charge in [-0.05, 0) is 60.5 Å². The average molecular weight is 318 g/mol. The summed E-state index contributed by atoms with van der Waals surface area (Å²) in [6, 6.07) is 0. The minimum atomic E-state index is -0.969. The molecule has 4 aliphatic carbocycles. The minimum Gasteiger partial charge on any atom is -0.390 e. The van der Waals surface area contributed by atoms with Crippen LogP contribution >= 0.6 is 0 Å². The highest BCUT2D eigenvalue weighted by Gasteiger charge is 2.63. The number of Topliss-reactive ketones (excluding diaryl/α,β-unsaturated/α-hetero) is 1. The van der Waals surface area contributed by atoms with E-state index in [0.717, 1.165) is 31.3 Å².